The Morgan fingerprint density at radius 3 is 2.29 bits per heavy atom. The third kappa shape index (κ3) is 6.47. The molecule has 2 aliphatic carbocycles. The van der Waals surface area contributed by atoms with Crippen molar-refractivity contribution in [3.05, 3.63) is 66.2 Å². The van der Waals surface area contributed by atoms with Crippen molar-refractivity contribution < 1.29 is 19.4 Å². The molecule has 2 aromatic carbocycles. The van der Waals surface area contributed by atoms with E-state index in [2.05, 4.69) is 15.5 Å². The average molecular weight is 572 g/mol. The maximum Gasteiger partial charge on any atom is 0.409 e. The van der Waals surface area contributed by atoms with Gasteiger partial charge in [0.05, 0.1) is 12.7 Å². The Morgan fingerprint density at radius 2 is 1.69 bits per heavy atom. The van der Waals surface area contributed by atoms with Crippen LogP contribution in [0, 0.1) is 5.92 Å². The zero-order valence-electron chi connectivity index (χ0n) is 24.7. The molecule has 42 heavy (non-hydrogen) atoms. The molecule has 4 N–H and O–H groups in total. The van der Waals surface area contributed by atoms with Crippen LogP contribution < -0.4 is 11.1 Å². The molecule has 2 fully saturated rings. The van der Waals surface area contributed by atoms with E-state index in [9.17, 15) is 14.7 Å². The van der Waals surface area contributed by atoms with E-state index in [4.69, 9.17) is 10.5 Å². The molecule has 0 saturated heterocycles. The molecule has 0 radical (unpaired) electrons. The van der Waals surface area contributed by atoms with E-state index in [0.717, 1.165) is 47.9 Å². The molecule has 3 aromatic rings. The number of nitrogens with two attached hydrogens (primary N) is 1. The van der Waals surface area contributed by atoms with E-state index in [1.165, 1.54) is 7.11 Å². The van der Waals surface area contributed by atoms with Gasteiger partial charge in [0.1, 0.15) is 5.69 Å². The Hall–Kier alpha value is -3.82. The summed E-state index contributed by atoms with van der Waals surface area (Å²) in [7, 11) is 1.41. The van der Waals surface area contributed by atoms with Crippen molar-refractivity contribution in [2.75, 3.05) is 19.0 Å². The number of hydrogen-bond donors (Lipinski definition) is 3. The fraction of sp³-hybridized carbons (Fsp3) is 0.455. The van der Waals surface area contributed by atoms with Gasteiger partial charge in [0, 0.05) is 35.7 Å². The van der Waals surface area contributed by atoms with Crippen LogP contribution in [0.5, 0.6) is 0 Å². The van der Waals surface area contributed by atoms with Gasteiger partial charge in [-0.2, -0.15) is 0 Å². The van der Waals surface area contributed by atoms with E-state index < -0.39 is 11.1 Å². The minimum absolute atomic E-state index is 0.0891. The molecule has 0 spiro atoms. The Bertz CT molecular complexity index is 1390. The molecular weight excluding hydrogens is 530 g/mol. The van der Waals surface area contributed by atoms with Gasteiger partial charge in [-0.1, -0.05) is 54.6 Å². The van der Waals surface area contributed by atoms with Gasteiger partial charge in [-0.25, -0.2) is 4.79 Å². The molecule has 0 atom stereocenters. The number of methoxy groups -OCH3 is 1. The van der Waals surface area contributed by atoms with Crippen molar-refractivity contribution in [3.8, 4) is 22.4 Å². The lowest BCUT2D eigenvalue weighted by atomic mass is 9.63. The van der Waals surface area contributed by atoms with Crippen LogP contribution in [-0.2, 0) is 15.1 Å². The first-order chi connectivity index (χ1) is 20.1. The lowest BCUT2D eigenvalue weighted by Gasteiger charge is -2.49. The molecule has 0 bridgehead atoms. The largest absolute Gasteiger partial charge is 0.453 e. The number of carbonyl (C=O) groups is 2. The molecule has 9 heteroatoms. The number of nitrogens with one attached hydrogen (secondary N) is 1. The van der Waals surface area contributed by atoms with E-state index in [1.807, 2.05) is 74.5 Å². The Labute approximate surface area is 247 Å². The molecule has 2 saturated carbocycles. The third-order valence-electron chi connectivity index (χ3n) is 8.75. The summed E-state index contributed by atoms with van der Waals surface area (Å²) in [5, 5.41) is 22.1. The number of benzene rings is 2. The van der Waals surface area contributed by atoms with Gasteiger partial charge >= 0.3 is 6.09 Å². The number of amides is 2. The summed E-state index contributed by atoms with van der Waals surface area (Å²) in [6, 6.07) is 19.9. The summed E-state index contributed by atoms with van der Waals surface area (Å²) in [6.45, 7) is 4.38. The highest BCUT2D eigenvalue weighted by Crippen LogP contribution is 2.46. The minimum Gasteiger partial charge on any atom is -0.453 e. The second kappa shape index (κ2) is 12.2. The van der Waals surface area contributed by atoms with Gasteiger partial charge in [-0.3, -0.25) is 4.79 Å². The van der Waals surface area contributed by atoms with Crippen LogP contribution >= 0.6 is 0 Å². The quantitative estimate of drug-likeness (QED) is 0.326. The molecule has 2 aliphatic rings. The summed E-state index contributed by atoms with van der Waals surface area (Å²) in [4.78, 5) is 26.9. The van der Waals surface area contributed by atoms with Crippen LogP contribution in [-0.4, -0.2) is 57.5 Å². The van der Waals surface area contributed by atoms with Gasteiger partial charge in [0.2, 0.25) is 5.91 Å². The molecule has 2 amide bonds. The first-order valence-electron chi connectivity index (χ1n) is 14.8. The molecule has 0 aliphatic heterocycles. The zero-order valence-corrected chi connectivity index (χ0v) is 24.7. The van der Waals surface area contributed by atoms with Crippen molar-refractivity contribution in [1.82, 2.24) is 15.1 Å². The average Bonchev–Trinajstić information content (AvgIpc) is 2.97. The number of aliphatic hydroxyl groups is 1. The first-order valence-corrected chi connectivity index (χ1v) is 14.8. The predicted octanol–water partition coefficient (Wildman–Crippen LogP) is 5.49. The summed E-state index contributed by atoms with van der Waals surface area (Å²) in [5.41, 5.74) is 9.71. The highest BCUT2D eigenvalue weighted by molar-refractivity contribution is 5.91. The van der Waals surface area contributed by atoms with Crippen LogP contribution in [0.25, 0.3) is 22.4 Å². The molecule has 1 aromatic heterocycles. The summed E-state index contributed by atoms with van der Waals surface area (Å²) in [6.07, 6.45) is 4.63. The smallest absolute Gasteiger partial charge is 0.409 e. The number of ether oxygens (including phenoxy) is 1. The third-order valence-corrected chi connectivity index (χ3v) is 8.75. The monoisotopic (exact) mass is 571 g/mol. The molecule has 0 unspecified atom stereocenters. The molecule has 222 valence electrons. The maximum absolute atomic E-state index is 13.0. The van der Waals surface area contributed by atoms with Crippen molar-refractivity contribution in [2.24, 2.45) is 11.7 Å². The maximum atomic E-state index is 13.0. The van der Waals surface area contributed by atoms with Crippen LogP contribution in [0.15, 0.2) is 60.7 Å². The minimum atomic E-state index is -0.722. The number of carbonyl (C=O) groups excluding carboxylic acids is 2. The lowest BCUT2D eigenvalue weighted by molar-refractivity contribution is -0.117. The van der Waals surface area contributed by atoms with Gasteiger partial charge in [0.15, 0.2) is 5.82 Å². The van der Waals surface area contributed by atoms with E-state index in [0.29, 0.717) is 37.3 Å². The highest BCUT2D eigenvalue weighted by Gasteiger charge is 2.49. The van der Waals surface area contributed by atoms with Crippen molar-refractivity contribution in [1.29, 1.82) is 0 Å². The highest BCUT2D eigenvalue weighted by atomic mass is 16.5. The summed E-state index contributed by atoms with van der Waals surface area (Å²) < 4.78 is 4.92. The number of anilines is 1. The normalized spacial score (nSPS) is 25.3. The molecule has 1 heterocycles. The van der Waals surface area contributed by atoms with Crippen LogP contribution in [0.4, 0.5) is 10.6 Å². The van der Waals surface area contributed by atoms with Crippen molar-refractivity contribution in [3.63, 3.8) is 0 Å². The van der Waals surface area contributed by atoms with Gasteiger partial charge in [-0.15, -0.1) is 10.2 Å². The molecule has 5 rings (SSSR count). The Balaban J connectivity index is 1.28. The number of rotatable bonds is 8. The lowest BCUT2D eigenvalue weighted by Crippen LogP contribution is -2.58. The molecule has 9 nitrogen and oxygen atoms in total. The summed E-state index contributed by atoms with van der Waals surface area (Å²) >= 11 is 0. The van der Waals surface area contributed by atoms with Crippen LogP contribution in [0.3, 0.4) is 0 Å². The zero-order chi connectivity index (χ0) is 29.9. The number of hydrogen-bond acceptors (Lipinski definition) is 7. The van der Waals surface area contributed by atoms with E-state index in [-0.39, 0.29) is 24.0 Å². The predicted molar refractivity (Wildman–Crippen MR) is 162 cm³/mol. The number of nitrogens with zero attached hydrogens (tertiary/aromatic N) is 3. The van der Waals surface area contributed by atoms with Crippen LogP contribution in [0.2, 0.25) is 0 Å². The topological polar surface area (TPSA) is 131 Å². The van der Waals surface area contributed by atoms with E-state index in [1.54, 1.807) is 4.90 Å². The SMILES string of the molecule is CCN(C(=O)OC)C1CCC(CC(=O)Nc2cc(-c3ccccc3)c(-c3ccc(C4(N)CC(C)(O)C4)cc3)nn2)CC1. The molecular formula is C33H41N5O4. The van der Waals surface area contributed by atoms with E-state index >= 15 is 0 Å². The van der Waals surface area contributed by atoms with Gasteiger partial charge in [0.25, 0.3) is 0 Å². The standard InChI is InChI=1S/C33H41N5O4/c1-4-38(31(40)42-3)26-16-10-22(11-17-26)18-29(39)35-28-19-27(23-8-6-5-7-9-23)30(37-36-28)24-12-14-25(15-13-24)33(34)20-32(2,41)21-33/h5-9,12-15,19,22,26,41H,4,10-11,16-18,20-21,34H2,1-3H3,(H,35,36,39). The van der Waals surface area contributed by atoms with Gasteiger partial charge < -0.3 is 25.8 Å². The van der Waals surface area contributed by atoms with Crippen LogP contribution in [0.1, 0.15) is 64.4 Å². The Kier molecular flexibility index (Phi) is 8.61. The summed E-state index contributed by atoms with van der Waals surface area (Å²) in [5.74, 6) is 0.573. The second-order valence-electron chi connectivity index (χ2n) is 12.1. The second-order valence-corrected chi connectivity index (χ2v) is 12.1. The first kappa shape index (κ1) is 29.7. The fourth-order valence-electron chi connectivity index (χ4n) is 6.75. The van der Waals surface area contributed by atoms with Crippen molar-refractivity contribution in [2.45, 2.75) is 76.0 Å². The fourth-order valence-corrected chi connectivity index (χ4v) is 6.75. The number of aromatic nitrogens is 2. The van der Waals surface area contributed by atoms with Gasteiger partial charge in [-0.05, 0) is 75.5 Å². The Morgan fingerprint density at radius 1 is 1.02 bits per heavy atom. The van der Waals surface area contributed by atoms with Crippen molar-refractivity contribution >= 4 is 17.8 Å².